The lowest BCUT2D eigenvalue weighted by Gasteiger charge is -2.17. The summed E-state index contributed by atoms with van der Waals surface area (Å²) >= 11 is 0. The minimum absolute atomic E-state index is 0.0487. The lowest BCUT2D eigenvalue weighted by Crippen LogP contribution is -2.15. The monoisotopic (exact) mass is 202 g/mol. The molecular weight excluding hydrogens is 188 g/mol. The highest BCUT2D eigenvalue weighted by atomic mass is 16.5. The number of rotatable bonds is 2. The van der Waals surface area contributed by atoms with Crippen LogP contribution in [0.3, 0.4) is 0 Å². The molecule has 1 aromatic carbocycles. The molecule has 2 unspecified atom stereocenters. The van der Waals surface area contributed by atoms with Gasteiger partial charge in [0.05, 0.1) is 0 Å². The second kappa shape index (κ2) is 3.89. The van der Waals surface area contributed by atoms with E-state index in [-0.39, 0.29) is 18.0 Å². The largest absolute Gasteiger partial charge is 0.458 e. The number of carbonyl (C=O) groups is 1. The van der Waals surface area contributed by atoms with E-state index in [1.807, 2.05) is 18.2 Å². The quantitative estimate of drug-likeness (QED) is 0.544. The van der Waals surface area contributed by atoms with E-state index in [0.717, 1.165) is 0 Å². The Morgan fingerprint density at radius 3 is 2.60 bits per heavy atom. The molecule has 0 saturated carbocycles. The second-order valence-electron chi connectivity index (χ2n) is 3.95. The fraction of sp³-hybridized carbons (Fsp3) is 0.308. The summed E-state index contributed by atoms with van der Waals surface area (Å²) in [5, 5.41) is 0. The van der Waals surface area contributed by atoms with Crippen LogP contribution >= 0.6 is 0 Å². The molecule has 2 rings (SSSR count). The van der Waals surface area contributed by atoms with E-state index < -0.39 is 0 Å². The zero-order valence-electron chi connectivity index (χ0n) is 8.77. The van der Waals surface area contributed by atoms with Crippen molar-refractivity contribution in [1.82, 2.24) is 0 Å². The number of carbonyl (C=O) groups excluding carboxylic acids is 1. The maximum absolute atomic E-state index is 11.2. The number of esters is 1. The Bertz CT molecular complexity index is 365. The maximum atomic E-state index is 11.2. The molecule has 78 valence electrons. The van der Waals surface area contributed by atoms with Crippen molar-refractivity contribution in [1.29, 1.82) is 0 Å². The molecule has 0 aliphatic carbocycles. The average Bonchev–Trinajstić information content (AvgIpc) is 2.59. The van der Waals surface area contributed by atoms with Crippen LogP contribution in [-0.2, 0) is 9.53 Å². The minimum atomic E-state index is -0.247. The van der Waals surface area contributed by atoms with Crippen molar-refractivity contribution in [3.63, 3.8) is 0 Å². The Morgan fingerprint density at radius 2 is 2.07 bits per heavy atom. The molecule has 0 bridgehead atoms. The molecule has 0 N–H and O–H groups in total. The number of cyclic esters (lactones) is 1. The highest BCUT2D eigenvalue weighted by Crippen LogP contribution is 2.30. The van der Waals surface area contributed by atoms with Crippen LogP contribution in [-0.4, -0.2) is 12.1 Å². The van der Waals surface area contributed by atoms with Crippen molar-refractivity contribution in [2.24, 2.45) is 0 Å². The predicted octanol–water partition coefficient (Wildman–Crippen LogP) is 2.66. The van der Waals surface area contributed by atoms with Gasteiger partial charge >= 0.3 is 5.97 Å². The Kier molecular flexibility index (Phi) is 2.58. The third-order valence-electron chi connectivity index (χ3n) is 2.88. The number of hydrogen-bond acceptors (Lipinski definition) is 2. The molecule has 0 spiro atoms. The molecule has 2 heteroatoms. The molecule has 1 fully saturated rings. The summed E-state index contributed by atoms with van der Waals surface area (Å²) in [6.07, 6.45) is 0.599. The third kappa shape index (κ3) is 1.94. The van der Waals surface area contributed by atoms with Crippen LogP contribution in [0.4, 0.5) is 0 Å². The van der Waals surface area contributed by atoms with Crippen LogP contribution < -0.4 is 0 Å². The van der Waals surface area contributed by atoms with E-state index in [0.29, 0.717) is 12.0 Å². The number of benzene rings is 1. The summed E-state index contributed by atoms with van der Waals surface area (Å²) in [7, 11) is 0. The summed E-state index contributed by atoms with van der Waals surface area (Å²) in [4.78, 5) is 11.2. The van der Waals surface area contributed by atoms with Gasteiger partial charge in [-0.15, -0.1) is 0 Å². The minimum Gasteiger partial charge on any atom is -0.458 e. The summed E-state index contributed by atoms with van der Waals surface area (Å²) in [6, 6.07) is 10.1. The molecule has 0 aromatic heterocycles. The Morgan fingerprint density at radius 1 is 1.40 bits per heavy atom. The average molecular weight is 202 g/mol. The molecule has 0 radical (unpaired) electrons. The predicted molar refractivity (Wildman–Crippen MR) is 58.5 cm³/mol. The van der Waals surface area contributed by atoms with Crippen molar-refractivity contribution in [2.45, 2.75) is 25.4 Å². The van der Waals surface area contributed by atoms with E-state index in [2.05, 4.69) is 25.6 Å². The van der Waals surface area contributed by atoms with Crippen molar-refractivity contribution < 1.29 is 9.53 Å². The molecule has 15 heavy (non-hydrogen) atoms. The van der Waals surface area contributed by atoms with Gasteiger partial charge in [0.1, 0.15) is 6.10 Å². The first-order valence-electron chi connectivity index (χ1n) is 5.12. The first-order valence-corrected chi connectivity index (χ1v) is 5.12. The van der Waals surface area contributed by atoms with Gasteiger partial charge in [0.15, 0.2) is 0 Å². The summed E-state index contributed by atoms with van der Waals surface area (Å²) in [5.41, 5.74) is 1.78. The lowest BCUT2D eigenvalue weighted by molar-refractivity contribution is -0.139. The first-order chi connectivity index (χ1) is 7.18. The van der Waals surface area contributed by atoms with Gasteiger partial charge in [0.25, 0.3) is 0 Å². The van der Waals surface area contributed by atoms with Crippen LogP contribution in [0.1, 0.15) is 24.8 Å². The second-order valence-corrected chi connectivity index (χ2v) is 3.95. The van der Waals surface area contributed by atoms with E-state index in [9.17, 15) is 4.79 Å². The number of hydrogen-bond donors (Lipinski definition) is 0. The zero-order chi connectivity index (χ0) is 10.8. The molecule has 1 aliphatic rings. The fourth-order valence-electron chi connectivity index (χ4n) is 1.84. The van der Waals surface area contributed by atoms with Gasteiger partial charge < -0.3 is 4.74 Å². The van der Waals surface area contributed by atoms with Gasteiger partial charge in [-0.3, -0.25) is 0 Å². The molecule has 2 nitrogen and oxygen atoms in total. The van der Waals surface area contributed by atoms with E-state index in [1.54, 1.807) is 0 Å². The van der Waals surface area contributed by atoms with E-state index >= 15 is 0 Å². The highest BCUT2D eigenvalue weighted by molar-refractivity contribution is 5.90. The molecule has 2 atom stereocenters. The van der Waals surface area contributed by atoms with Crippen molar-refractivity contribution in [2.75, 3.05) is 0 Å². The van der Waals surface area contributed by atoms with Gasteiger partial charge in [0, 0.05) is 17.9 Å². The normalized spacial score (nSPS) is 22.6. The molecule has 1 aliphatic heterocycles. The van der Waals surface area contributed by atoms with Crippen LogP contribution in [0.15, 0.2) is 42.5 Å². The first kappa shape index (κ1) is 9.97. The highest BCUT2D eigenvalue weighted by Gasteiger charge is 2.31. The topological polar surface area (TPSA) is 26.3 Å². The summed E-state index contributed by atoms with van der Waals surface area (Å²) < 4.78 is 5.25. The third-order valence-corrected chi connectivity index (χ3v) is 2.88. The SMILES string of the molecule is C=C1CC(C(C)c2ccccc2)OC1=O. The summed E-state index contributed by atoms with van der Waals surface area (Å²) in [5.74, 6) is -0.0165. The van der Waals surface area contributed by atoms with Crippen LogP contribution in [0, 0.1) is 0 Å². The van der Waals surface area contributed by atoms with Crippen molar-refractivity contribution >= 4 is 5.97 Å². The van der Waals surface area contributed by atoms with Crippen molar-refractivity contribution in [3.8, 4) is 0 Å². The van der Waals surface area contributed by atoms with Crippen LogP contribution in [0.25, 0.3) is 0 Å². The molecule has 1 heterocycles. The van der Waals surface area contributed by atoms with Crippen LogP contribution in [0.2, 0.25) is 0 Å². The van der Waals surface area contributed by atoms with Gasteiger partial charge in [0.2, 0.25) is 0 Å². The van der Waals surface area contributed by atoms with E-state index in [1.165, 1.54) is 5.56 Å². The lowest BCUT2D eigenvalue weighted by atomic mass is 9.93. The number of ether oxygens (including phenoxy) is 1. The van der Waals surface area contributed by atoms with Crippen LogP contribution in [0.5, 0.6) is 0 Å². The van der Waals surface area contributed by atoms with Gasteiger partial charge in [-0.1, -0.05) is 43.8 Å². The Hall–Kier alpha value is -1.57. The standard InChI is InChI=1S/C13H14O2/c1-9-8-12(15-13(9)14)10(2)11-6-4-3-5-7-11/h3-7,10,12H,1,8H2,2H3. The maximum Gasteiger partial charge on any atom is 0.333 e. The molecular formula is C13H14O2. The summed E-state index contributed by atoms with van der Waals surface area (Å²) in [6.45, 7) is 5.76. The van der Waals surface area contributed by atoms with Crippen molar-refractivity contribution in [3.05, 3.63) is 48.0 Å². The molecule has 1 aromatic rings. The smallest absolute Gasteiger partial charge is 0.333 e. The fourth-order valence-corrected chi connectivity index (χ4v) is 1.84. The van der Waals surface area contributed by atoms with Gasteiger partial charge in [-0.25, -0.2) is 4.79 Å². The Labute approximate surface area is 89.6 Å². The Balaban J connectivity index is 2.13. The molecule has 1 saturated heterocycles. The van der Waals surface area contributed by atoms with E-state index in [4.69, 9.17) is 4.74 Å². The zero-order valence-corrected chi connectivity index (χ0v) is 8.77. The van der Waals surface area contributed by atoms with Gasteiger partial charge in [-0.05, 0) is 5.56 Å². The molecule has 0 amide bonds. The van der Waals surface area contributed by atoms with Gasteiger partial charge in [-0.2, -0.15) is 0 Å².